The van der Waals surface area contributed by atoms with Crippen LogP contribution < -0.4 is 5.32 Å². The molecule has 0 aliphatic carbocycles. The monoisotopic (exact) mass is 189 g/mol. The van der Waals surface area contributed by atoms with Crippen molar-refractivity contribution in [3.63, 3.8) is 0 Å². The van der Waals surface area contributed by atoms with Crippen molar-refractivity contribution in [2.75, 3.05) is 12.0 Å². The molecule has 0 bridgehead atoms. The minimum Gasteiger partial charge on any atom is -0.310 e. The third-order valence-electron chi connectivity index (χ3n) is 2.32. The Kier molecular flexibility index (Phi) is 8.14. The molecule has 0 aromatic rings. The van der Waals surface area contributed by atoms with E-state index in [1.54, 1.807) is 0 Å². The highest BCUT2D eigenvalue weighted by Crippen LogP contribution is 2.05. The molecule has 1 unspecified atom stereocenters. The number of thioether (sulfide) groups is 1. The highest BCUT2D eigenvalue weighted by molar-refractivity contribution is 7.98. The number of hydrogen-bond acceptors (Lipinski definition) is 2. The fourth-order valence-electron chi connectivity index (χ4n) is 1.34. The Morgan fingerprint density at radius 2 is 1.50 bits per heavy atom. The average molecular weight is 189 g/mol. The maximum absolute atomic E-state index is 3.68. The molecule has 0 spiro atoms. The second-order valence-corrected chi connectivity index (χ2v) is 4.15. The summed E-state index contributed by atoms with van der Waals surface area (Å²) >= 11 is 1.93. The zero-order chi connectivity index (χ0) is 9.40. The molecule has 0 aromatic carbocycles. The Balaban J connectivity index is 3.65. The van der Waals surface area contributed by atoms with E-state index in [2.05, 4.69) is 32.3 Å². The molecule has 0 heterocycles. The summed E-state index contributed by atoms with van der Waals surface area (Å²) in [6.07, 6.45) is 5.93. The first-order valence-electron chi connectivity index (χ1n) is 5.03. The Morgan fingerprint density at radius 3 is 1.83 bits per heavy atom. The molecule has 74 valence electrons. The lowest BCUT2D eigenvalue weighted by atomic mass is 10.1. The summed E-state index contributed by atoms with van der Waals surface area (Å²) in [5.74, 6) is 1.24. The van der Waals surface area contributed by atoms with Crippen molar-refractivity contribution in [1.82, 2.24) is 5.32 Å². The fraction of sp³-hybridized carbons (Fsp3) is 1.00. The second kappa shape index (κ2) is 7.93. The largest absolute Gasteiger partial charge is 0.310 e. The summed E-state index contributed by atoms with van der Waals surface area (Å²) < 4.78 is 0. The van der Waals surface area contributed by atoms with Crippen LogP contribution in [0.5, 0.6) is 0 Å². The molecule has 1 atom stereocenters. The van der Waals surface area contributed by atoms with Gasteiger partial charge in [0.25, 0.3) is 0 Å². The maximum Gasteiger partial charge on any atom is 0.0158 e. The SMILES string of the molecule is CCC(CC)NC(CC)CSC. The number of hydrogen-bond donors (Lipinski definition) is 1. The summed E-state index contributed by atoms with van der Waals surface area (Å²) in [7, 11) is 0. The van der Waals surface area contributed by atoms with Gasteiger partial charge in [-0.15, -0.1) is 0 Å². The molecule has 2 heteroatoms. The molecular formula is C10H23NS. The Labute approximate surface area is 81.7 Å². The van der Waals surface area contributed by atoms with E-state index in [-0.39, 0.29) is 0 Å². The van der Waals surface area contributed by atoms with Gasteiger partial charge in [0.15, 0.2) is 0 Å². The Bertz CT molecular complexity index is 91.8. The highest BCUT2D eigenvalue weighted by Gasteiger charge is 2.09. The van der Waals surface area contributed by atoms with E-state index >= 15 is 0 Å². The number of nitrogens with one attached hydrogen (secondary N) is 1. The van der Waals surface area contributed by atoms with Crippen LogP contribution in [-0.2, 0) is 0 Å². The van der Waals surface area contributed by atoms with Crippen LogP contribution in [0, 0.1) is 0 Å². The van der Waals surface area contributed by atoms with Crippen molar-refractivity contribution in [2.24, 2.45) is 0 Å². The molecule has 0 radical (unpaired) electrons. The molecule has 0 aliphatic heterocycles. The molecular weight excluding hydrogens is 166 g/mol. The van der Waals surface area contributed by atoms with Gasteiger partial charge in [-0.1, -0.05) is 20.8 Å². The van der Waals surface area contributed by atoms with Crippen LogP contribution in [0.1, 0.15) is 40.0 Å². The van der Waals surface area contributed by atoms with Crippen LogP contribution in [0.3, 0.4) is 0 Å². The van der Waals surface area contributed by atoms with Gasteiger partial charge in [0, 0.05) is 17.8 Å². The molecule has 1 nitrogen and oxygen atoms in total. The molecule has 0 saturated carbocycles. The van der Waals surface area contributed by atoms with Gasteiger partial charge in [-0.2, -0.15) is 11.8 Å². The van der Waals surface area contributed by atoms with Gasteiger partial charge in [-0.05, 0) is 25.5 Å². The van der Waals surface area contributed by atoms with Crippen LogP contribution in [0.2, 0.25) is 0 Å². The lowest BCUT2D eigenvalue weighted by Crippen LogP contribution is -2.38. The molecule has 0 rings (SSSR count). The third kappa shape index (κ3) is 5.04. The lowest BCUT2D eigenvalue weighted by molar-refractivity contribution is 0.421. The predicted molar refractivity (Wildman–Crippen MR) is 60.0 cm³/mol. The summed E-state index contributed by atoms with van der Waals surface area (Å²) in [5.41, 5.74) is 0. The predicted octanol–water partition coefficient (Wildman–Crippen LogP) is 2.91. The normalized spacial score (nSPS) is 13.8. The molecule has 0 aromatic heterocycles. The zero-order valence-corrected chi connectivity index (χ0v) is 9.71. The van der Waals surface area contributed by atoms with E-state index in [9.17, 15) is 0 Å². The molecule has 1 N–H and O–H groups in total. The van der Waals surface area contributed by atoms with Crippen LogP contribution in [0.25, 0.3) is 0 Å². The molecule has 0 saturated heterocycles. The van der Waals surface area contributed by atoms with Crippen molar-refractivity contribution in [1.29, 1.82) is 0 Å². The summed E-state index contributed by atoms with van der Waals surface area (Å²) in [4.78, 5) is 0. The topological polar surface area (TPSA) is 12.0 Å². The van der Waals surface area contributed by atoms with Gasteiger partial charge in [-0.25, -0.2) is 0 Å². The minimum atomic E-state index is 0.713. The first-order valence-corrected chi connectivity index (χ1v) is 6.42. The van der Waals surface area contributed by atoms with E-state index in [0.717, 1.165) is 6.04 Å². The molecule has 0 amide bonds. The van der Waals surface area contributed by atoms with Crippen molar-refractivity contribution in [3.8, 4) is 0 Å². The van der Waals surface area contributed by atoms with Crippen LogP contribution in [0.4, 0.5) is 0 Å². The second-order valence-electron chi connectivity index (χ2n) is 3.24. The van der Waals surface area contributed by atoms with Gasteiger partial charge in [0.2, 0.25) is 0 Å². The van der Waals surface area contributed by atoms with Gasteiger partial charge >= 0.3 is 0 Å². The van der Waals surface area contributed by atoms with E-state index in [1.807, 2.05) is 11.8 Å². The van der Waals surface area contributed by atoms with Crippen LogP contribution in [0.15, 0.2) is 0 Å². The molecule has 12 heavy (non-hydrogen) atoms. The van der Waals surface area contributed by atoms with Crippen molar-refractivity contribution >= 4 is 11.8 Å². The Hall–Kier alpha value is 0.310. The first kappa shape index (κ1) is 12.3. The summed E-state index contributed by atoms with van der Waals surface area (Å²) in [5, 5.41) is 3.68. The van der Waals surface area contributed by atoms with Crippen LogP contribution in [-0.4, -0.2) is 24.1 Å². The van der Waals surface area contributed by atoms with E-state index < -0.39 is 0 Å². The van der Waals surface area contributed by atoms with Gasteiger partial charge in [0.1, 0.15) is 0 Å². The summed E-state index contributed by atoms with van der Waals surface area (Å²) in [6, 6.07) is 1.44. The lowest BCUT2D eigenvalue weighted by Gasteiger charge is -2.22. The first-order chi connectivity index (χ1) is 5.78. The zero-order valence-electron chi connectivity index (χ0n) is 8.89. The standard InChI is InChI=1S/C10H23NS/c1-5-9(6-2)11-10(7-3)8-12-4/h9-11H,5-8H2,1-4H3. The smallest absolute Gasteiger partial charge is 0.0158 e. The van der Waals surface area contributed by atoms with Crippen molar-refractivity contribution in [3.05, 3.63) is 0 Å². The highest BCUT2D eigenvalue weighted by atomic mass is 32.2. The maximum atomic E-state index is 3.68. The van der Waals surface area contributed by atoms with E-state index in [4.69, 9.17) is 0 Å². The third-order valence-corrected chi connectivity index (χ3v) is 3.05. The van der Waals surface area contributed by atoms with E-state index in [0.29, 0.717) is 6.04 Å². The molecule has 0 fully saturated rings. The Morgan fingerprint density at radius 1 is 1.00 bits per heavy atom. The van der Waals surface area contributed by atoms with Crippen molar-refractivity contribution < 1.29 is 0 Å². The van der Waals surface area contributed by atoms with Gasteiger partial charge < -0.3 is 5.32 Å². The minimum absolute atomic E-state index is 0.713. The number of rotatable bonds is 7. The molecule has 0 aliphatic rings. The quantitative estimate of drug-likeness (QED) is 0.661. The van der Waals surface area contributed by atoms with Crippen LogP contribution >= 0.6 is 11.8 Å². The average Bonchev–Trinajstić information content (AvgIpc) is 2.12. The van der Waals surface area contributed by atoms with Gasteiger partial charge in [-0.3, -0.25) is 0 Å². The fourth-order valence-corrected chi connectivity index (χ4v) is 2.08. The van der Waals surface area contributed by atoms with E-state index in [1.165, 1.54) is 25.0 Å². The van der Waals surface area contributed by atoms with Crippen molar-refractivity contribution in [2.45, 2.75) is 52.1 Å². The van der Waals surface area contributed by atoms with Gasteiger partial charge in [0.05, 0.1) is 0 Å². The summed E-state index contributed by atoms with van der Waals surface area (Å²) in [6.45, 7) is 6.77.